The monoisotopic (exact) mass is 271 g/mol. The van der Waals surface area contributed by atoms with Crippen LogP contribution in [0, 0.1) is 5.92 Å². The summed E-state index contributed by atoms with van der Waals surface area (Å²) in [5, 5.41) is 0. The highest BCUT2D eigenvalue weighted by molar-refractivity contribution is 7.89. The molecule has 102 valence electrons. The third-order valence-electron chi connectivity index (χ3n) is 3.00. The first-order valence-corrected chi connectivity index (χ1v) is 7.39. The molecule has 0 heterocycles. The van der Waals surface area contributed by atoms with Crippen LogP contribution in [0.5, 0.6) is 0 Å². The molecule has 0 aromatic heterocycles. The van der Waals surface area contributed by atoms with Crippen molar-refractivity contribution in [3.05, 3.63) is 24.3 Å². The zero-order chi connectivity index (χ0) is 13.8. The Bertz CT molecular complexity index is 488. The summed E-state index contributed by atoms with van der Waals surface area (Å²) in [6.07, 6.45) is 0.941. The molecule has 3 N–H and O–H groups in total. The van der Waals surface area contributed by atoms with Gasteiger partial charge in [0.2, 0.25) is 10.0 Å². The summed E-state index contributed by atoms with van der Waals surface area (Å²) in [5.41, 5.74) is 2.83. The molecule has 6 heteroatoms. The minimum absolute atomic E-state index is 0.207. The van der Waals surface area contributed by atoms with Crippen molar-refractivity contribution >= 4 is 15.7 Å². The number of nitrogens with one attached hydrogen (secondary N) is 1. The van der Waals surface area contributed by atoms with Crippen LogP contribution in [0.4, 0.5) is 5.69 Å². The molecule has 0 aliphatic carbocycles. The Hall–Kier alpha value is -1.11. The lowest BCUT2D eigenvalue weighted by Gasteiger charge is -2.21. The molecule has 0 fully saturated rings. The molecule has 0 amide bonds. The van der Waals surface area contributed by atoms with Gasteiger partial charge < -0.3 is 5.43 Å². The zero-order valence-corrected chi connectivity index (χ0v) is 11.9. The molecule has 18 heavy (non-hydrogen) atoms. The average molecular weight is 271 g/mol. The van der Waals surface area contributed by atoms with Crippen molar-refractivity contribution < 1.29 is 8.42 Å². The van der Waals surface area contributed by atoms with Gasteiger partial charge in [-0.2, -0.15) is 0 Å². The van der Waals surface area contributed by atoms with E-state index < -0.39 is 10.0 Å². The van der Waals surface area contributed by atoms with Gasteiger partial charge in [-0.05, 0) is 18.1 Å². The van der Waals surface area contributed by atoms with Crippen LogP contribution < -0.4 is 11.3 Å². The van der Waals surface area contributed by atoms with E-state index in [4.69, 9.17) is 5.84 Å². The van der Waals surface area contributed by atoms with Gasteiger partial charge >= 0.3 is 0 Å². The van der Waals surface area contributed by atoms with E-state index >= 15 is 0 Å². The fraction of sp³-hybridized carbons (Fsp3) is 0.500. The van der Waals surface area contributed by atoms with E-state index in [0.717, 1.165) is 6.42 Å². The minimum atomic E-state index is -3.50. The normalized spacial score (nSPS) is 13.6. The Morgan fingerprint density at radius 1 is 1.39 bits per heavy atom. The molecule has 0 spiro atoms. The van der Waals surface area contributed by atoms with Gasteiger partial charge in [0.05, 0.1) is 5.69 Å². The maximum Gasteiger partial charge on any atom is 0.244 e. The van der Waals surface area contributed by atoms with Gasteiger partial charge in [0.25, 0.3) is 0 Å². The van der Waals surface area contributed by atoms with Crippen molar-refractivity contribution in [3.63, 3.8) is 0 Å². The number of nitrogens with two attached hydrogens (primary N) is 1. The predicted molar refractivity (Wildman–Crippen MR) is 73.5 cm³/mol. The molecule has 0 saturated carbocycles. The minimum Gasteiger partial charge on any atom is -0.323 e. The quantitative estimate of drug-likeness (QED) is 0.609. The molecule has 1 rings (SSSR count). The van der Waals surface area contributed by atoms with E-state index in [1.807, 2.05) is 13.8 Å². The number of anilines is 1. The number of nitrogens with zero attached hydrogens (tertiary/aromatic N) is 1. The first-order valence-electron chi connectivity index (χ1n) is 5.95. The second kappa shape index (κ2) is 6.17. The van der Waals surface area contributed by atoms with Gasteiger partial charge in [0, 0.05) is 13.6 Å². The Morgan fingerprint density at radius 3 is 2.56 bits per heavy atom. The molecule has 0 aliphatic heterocycles. The van der Waals surface area contributed by atoms with Crippen molar-refractivity contribution in [3.8, 4) is 0 Å². The number of nitrogen functional groups attached to an aromatic ring is 1. The topological polar surface area (TPSA) is 75.4 Å². The van der Waals surface area contributed by atoms with Gasteiger partial charge in [-0.1, -0.05) is 32.4 Å². The van der Waals surface area contributed by atoms with Crippen LogP contribution in [0.2, 0.25) is 0 Å². The third kappa shape index (κ3) is 3.22. The molecule has 1 aromatic rings. The second-order valence-corrected chi connectivity index (χ2v) is 6.45. The summed E-state index contributed by atoms with van der Waals surface area (Å²) >= 11 is 0. The molecule has 1 atom stereocenters. The Morgan fingerprint density at radius 2 is 2.00 bits per heavy atom. The third-order valence-corrected chi connectivity index (χ3v) is 4.88. The molecule has 0 saturated heterocycles. The van der Waals surface area contributed by atoms with E-state index in [2.05, 4.69) is 5.43 Å². The number of hydrogen-bond acceptors (Lipinski definition) is 4. The first-order chi connectivity index (χ1) is 8.43. The zero-order valence-electron chi connectivity index (χ0n) is 11.1. The standard InChI is InChI=1S/C12H21N3O2S/c1-4-10(2)9-15(3)18(16,17)12-8-6-5-7-11(12)14-13/h5-8,10,14H,4,9,13H2,1-3H3. The number of hydrazine groups is 1. The summed E-state index contributed by atoms with van der Waals surface area (Å²) in [6, 6.07) is 6.62. The van der Waals surface area contributed by atoms with Gasteiger partial charge in [-0.3, -0.25) is 5.84 Å². The number of hydrogen-bond donors (Lipinski definition) is 2. The van der Waals surface area contributed by atoms with E-state index in [0.29, 0.717) is 18.2 Å². The molecular weight excluding hydrogens is 250 g/mol. The van der Waals surface area contributed by atoms with Crippen molar-refractivity contribution in [2.24, 2.45) is 11.8 Å². The van der Waals surface area contributed by atoms with E-state index in [9.17, 15) is 8.42 Å². The van der Waals surface area contributed by atoms with Crippen molar-refractivity contribution in [2.45, 2.75) is 25.2 Å². The predicted octanol–water partition coefficient (Wildman–Crippen LogP) is 1.64. The van der Waals surface area contributed by atoms with Crippen LogP contribution in [0.3, 0.4) is 0 Å². The largest absolute Gasteiger partial charge is 0.323 e. The van der Waals surface area contributed by atoms with Crippen LogP contribution in [0.25, 0.3) is 0 Å². The van der Waals surface area contributed by atoms with Gasteiger partial charge in [-0.25, -0.2) is 12.7 Å². The number of sulfonamides is 1. The van der Waals surface area contributed by atoms with Crippen LogP contribution in [-0.2, 0) is 10.0 Å². The molecule has 0 aliphatic rings. The highest BCUT2D eigenvalue weighted by Crippen LogP contribution is 2.23. The maximum atomic E-state index is 12.4. The van der Waals surface area contributed by atoms with Crippen molar-refractivity contribution in [1.29, 1.82) is 0 Å². The fourth-order valence-electron chi connectivity index (χ4n) is 1.64. The summed E-state index contributed by atoms with van der Waals surface area (Å²) in [4.78, 5) is 0.207. The van der Waals surface area contributed by atoms with Gasteiger partial charge in [0.1, 0.15) is 4.90 Å². The SMILES string of the molecule is CCC(C)CN(C)S(=O)(=O)c1ccccc1NN. The lowest BCUT2D eigenvalue weighted by Crippen LogP contribution is -2.31. The smallest absolute Gasteiger partial charge is 0.244 e. The fourth-order valence-corrected chi connectivity index (χ4v) is 3.09. The lowest BCUT2D eigenvalue weighted by molar-refractivity contribution is 0.394. The van der Waals surface area contributed by atoms with Crippen molar-refractivity contribution in [1.82, 2.24) is 4.31 Å². The summed E-state index contributed by atoms with van der Waals surface area (Å²) < 4.78 is 26.2. The lowest BCUT2D eigenvalue weighted by atomic mass is 10.1. The highest BCUT2D eigenvalue weighted by Gasteiger charge is 2.24. The maximum absolute atomic E-state index is 12.4. The molecular formula is C12H21N3O2S. The summed E-state index contributed by atoms with van der Waals surface area (Å²) in [6.45, 7) is 4.57. The number of benzene rings is 1. The Balaban J connectivity index is 3.05. The van der Waals surface area contributed by atoms with Gasteiger partial charge in [0.15, 0.2) is 0 Å². The van der Waals surface area contributed by atoms with E-state index in [1.54, 1.807) is 31.3 Å². The first kappa shape index (κ1) is 14.9. The average Bonchev–Trinajstić information content (AvgIpc) is 2.38. The van der Waals surface area contributed by atoms with E-state index in [-0.39, 0.29) is 4.90 Å². The van der Waals surface area contributed by atoms with Crippen LogP contribution in [0.1, 0.15) is 20.3 Å². The molecule has 1 unspecified atom stereocenters. The summed E-state index contributed by atoms with van der Waals surface area (Å²) in [5.74, 6) is 5.66. The van der Waals surface area contributed by atoms with Gasteiger partial charge in [-0.15, -0.1) is 0 Å². The Kier molecular flexibility index (Phi) is 5.13. The van der Waals surface area contributed by atoms with Crippen molar-refractivity contribution in [2.75, 3.05) is 19.0 Å². The van der Waals surface area contributed by atoms with Crippen LogP contribution >= 0.6 is 0 Å². The Labute approximate surface area is 109 Å². The van der Waals surface area contributed by atoms with E-state index in [1.165, 1.54) is 4.31 Å². The summed E-state index contributed by atoms with van der Waals surface area (Å²) in [7, 11) is -1.90. The number of para-hydroxylation sites is 1. The van der Waals surface area contributed by atoms with Crippen LogP contribution in [-0.4, -0.2) is 26.3 Å². The molecule has 0 bridgehead atoms. The molecule has 1 aromatic carbocycles. The molecule has 0 radical (unpaired) electrons. The number of rotatable bonds is 6. The second-order valence-electron chi connectivity index (χ2n) is 4.44. The molecule has 5 nitrogen and oxygen atoms in total. The highest BCUT2D eigenvalue weighted by atomic mass is 32.2. The van der Waals surface area contributed by atoms with Crippen LogP contribution in [0.15, 0.2) is 29.2 Å².